The highest BCUT2D eigenvalue weighted by atomic mass is 16.5. The fourth-order valence-electron chi connectivity index (χ4n) is 2.11. The third-order valence-corrected chi connectivity index (χ3v) is 3.13. The van der Waals surface area contributed by atoms with Gasteiger partial charge in [0.05, 0.1) is 12.8 Å². The van der Waals surface area contributed by atoms with E-state index in [4.69, 9.17) is 4.74 Å². The van der Waals surface area contributed by atoms with Crippen LogP contribution in [0, 0.1) is 0 Å². The smallest absolute Gasteiger partial charge is 0.123 e. The van der Waals surface area contributed by atoms with Crippen LogP contribution in [0.15, 0.2) is 42.9 Å². The average Bonchev–Trinajstić information content (AvgIpc) is 2.48. The molecule has 0 saturated heterocycles. The molecule has 1 heterocycles. The van der Waals surface area contributed by atoms with Crippen molar-refractivity contribution >= 4 is 0 Å². The predicted molar refractivity (Wildman–Crippen MR) is 75.0 cm³/mol. The summed E-state index contributed by atoms with van der Waals surface area (Å²) in [5.74, 6) is 0.897. The van der Waals surface area contributed by atoms with Gasteiger partial charge in [-0.2, -0.15) is 0 Å². The van der Waals surface area contributed by atoms with Crippen LogP contribution in [0.4, 0.5) is 0 Å². The number of nitrogens with one attached hydrogen (secondary N) is 1. The summed E-state index contributed by atoms with van der Waals surface area (Å²) in [7, 11) is 1.69. The molecule has 0 radical (unpaired) electrons. The van der Waals surface area contributed by atoms with Gasteiger partial charge in [0.25, 0.3) is 0 Å². The number of nitrogens with zero attached hydrogens (tertiary/aromatic N) is 2. The number of ether oxygens (including phenoxy) is 1. The van der Waals surface area contributed by atoms with Crippen LogP contribution < -0.4 is 10.1 Å². The SMILES string of the molecule is COc1ccccc1C(C)NC(C)c1cnccn1. The predicted octanol–water partition coefficient (Wildman–Crippen LogP) is 2.90. The largest absolute Gasteiger partial charge is 0.496 e. The minimum Gasteiger partial charge on any atom is -0.496 e. The molecule has 0 aliphatic heterocycles. The van der Waals surface area contributed by atoms with E-state index in [9.17, 15) is 0 Å². The van der Waals surface area contributed by atoms with Gasteiger partial charge in [0.15, 0.2) is 0 Å². The minimum atomic E-state index is 0.133. The zero-order valence-electron chi connectivity index (χ0n) is 11.5. The molecule has 0 amide bonds. The van der Waals surface area contributed by atoms with Crippen molar-refractivity contribution in [2.75, 3.05) is 7.11 Å². The van der Waals surface area contributed by atoms with Crippen LogP contribution >= 0.6 is 0 Å². The van der Waals surface area contributed by atoms with E-state index in [0.29, 0.717) is 0 Å². The molecule has 2 rings (SSSR count). The second kappa shape index (κ2) is 6.29. The first-order valence-corrected chi connectivity index (χ1v) is 6.37. The number of para-hydroxylation sites is 1. The number of hydrogen-bond acceptors (Lipinski definition) is 4. The van der Waals surface area contributed by atoms with Crippen LogP contribution in [0.2, 0.25) is 0 Å². The topological polar surface area (TPSA) is 47.0 Å². The van der Waals surface area contributed by atoms with E-state index in [1.807, 2.05) is 18.2 Å². The number of hydrogen-bond donors (Lipinski definition) is 1. The van der Waals surface area contributed by atoms with Gasteiger partial charge in [0, 0.05) is 36.2 Å². The lowest BCUT2D eigenvalue weighted by molar-refractivity contribution is 0.396. The quantitative estimate of drug-likeness (QED) is 0.894. The summed E-state index contributed by atoms with van der Waals surface area (Å²) in [6.07, 6.45) is 5.17. The molecular weight excluding hydrogens is 238 g/mol. The second-order valence-corrected chi connectivity index (χ2v) is 4.48. The molecule has 2 atom stereocenters. The Labute approximate surface area is 113 Å². The van der Waals surface area contributed by atoms with Crippen LogP contribution in [0.5, 0.6) is 5.75 Å². The molecule has 4 heteroatoms. The molecule has 0 fully saturated rings. The van der Waals surface area contributed by atoms with Crippen molar-refractivity contribution in [2.45, 2.75) is 25.9 Å². The van der Waals surface area contributed by atoms with E-state index in [-0.39, 0.29) is 12.1 Å². The maximum Gasteiger partial charge on any atom is 0.123 e. The first-order chi connectivity index (χ1) is 9.22. The molecule has 0 saturated carbocycles. The summed E-state index contributed by atoms with van der Waals surface area (Å²) in [6.45, 7) is 4.20. The molecule has 0 aliphatic carbocycles. The van der Waals surface area contributed by atoms with Crippen LogP contribution in [-0.2, 0) is 0 Å². The Kier molecular flexibility index (Phi) is 4.47. The van der Waals surface area contributed by atoms with Gasteiger partial charge in [0.1, 0.15) is 5.75 Å². The van der Waals surface area contributed by atoms with Gasteiger partial charge in [-0.15, -0.1) is 0 Å². The lowest BCUT2D eigenvalue weighted by atomic mass is 10.1. The van der Waals surface area contributed by atoms with Crippen molar-refractivity contribution in [3.05, 3.63) is 54.1 Å². The van der Waals surface area contributed by atoms with Crippen molar-refractivity contribution in [3.63, 3.8) is 0 Å². The minimum absolute atomic E-state index is 0.133. The Bertz CT molecular complexity index is 516. The molecule has 19 heavy (non-hydrogen) atoms. The molecule has 2 unspecified atom stereocenters. The number of benzene rings is 1. The molecule has 0 aliphatic rings. The lowest BCUT2D eigenvalue weighted by Crippen LogP contribution is -2.23. The third-order valence-electron chi connectivity index (χ3n) is 3.13. The van der Waals surface area contributed by atoms with Crippen molar-refractivity contribution in [3.8, 4) is 5.75 Å². The average molecular weight is 257 g/mol. The Morgan fingerprint density at radius 2 is 1.89 bits per heavy atom. The molecular formula is C15H19N3O. The first-order valence-electron chi connectivity index (χ1n) is 6.37. The Balaban J connectivity index is 2.11. The molecule has 0 spiro atoms. The van der Waals surface area contributed by atoms with Crippen molar-refractivity contribution in [1.82, 2.24) is 15.3 Å². The van der Waals surface area contributed by atoms with E-state index in [0.717, 1.165) is 17.0 Å². The fourth-order valence-corrected chi connectivity index (χ4v) is 2.11. The molecule has 1 aromatic carbocycles. The summed E-state index contributed by atoms with van der Waals surface area (Å²) < 4.78 is 5.39. The van der Waals surface area contributed by atoms with E-state index >= 15 is 0 Å². The summed E-state index contributed by atoms with van der Waals surface area (Å²) in [4.78, 5) is 8.40. The van der Waals surface area contributed by atoms with Gasteiger partial charge >= 0.3 is 0 Å². The Hall–Kier alpha value is -1.94. The van der Waals surface area contributed by atoms with Crippen molar-refractivity contribution < 1.29 is 4.74 Å². The van der Waals surface area contributed by atoms with E-state index in [2.05, 4.69) is 35.2 Å². The molecule has 0 bridgehead atoms. The van der Waals surface area contributed by atoms with Crippen LogP contribution in [0.3, 0.4) is 0 Å². The Morgan fingerprint density at radius 3 is 2.58 bits per heavy atom. The monoisotopic (exact) mass is 257 g/mol. The van der Waals surface area contributed by atoms with Gasteiger partial charge in [-0.1, -0.05) is 18.2 Å². The van der Waals surface area contributed by atoms with Gasteiger partial charge in [0.2, 0.25) is 0 Å². The standard InChI is InChI=1S/C15H19N3O/c1-11(13-6-4-5-7-15(13)19-3)18-12(2)14-10-16-8-9-17-14/h4-12,18H,1-3H3. The van der Waals surface area contributed by atoms with Crippen LogP contribution in [-0.4, -0.2) is 17.1 Å². The van der Waals surface area contributed by atoms with Gasteiger partial charge in [-0.25, -0.2) is 0 Å². The molecule has 100 valence electrons. The first kappa shape index (κ1) is 13.5. The summed E-state index contributed by atoms with van der Waals surface area (Å²) in [6, 6.07) is 8.34. The van der Waals surface area contributed by atoms with Gasteiger partial charge < -0.3 is 10.1 Å². The summed E-state index contributed by atoms with van der Waals surface area (Å²) >= 11 is 0. The molecule has 2 aromatic rings. The highest BCUT2D eigenvalue weighted by Crippen LogP contribution is 2.26. The van der Waals surface area contributed by atoms with Crippen LogP contribution in [0.25, 0.3) is 0 Å². The van der Waals surface area contributed by atoms with E-state index in [1.54, 1.807) is 25.7 Å². The van der Waals surface area contributed by atoms with Crippen molar-refractivity contribution in [1.29, 1.82) is 0 Å². The Morgan fingerprint density at radius 1 is 1.11 bits per heavy atom. The maximum atomic E-state index is 5.39. The maximum absolute atomic E-state index is 5.39. The second-order valence-electron chi connectivity index (χ2n) is 4.48. The van der Waals surface area contributed by atoms with Gasteiger partial charge in [-0.05, 0) is 19.9 Å². The van der Waals surface area contributed by atoms with Crippen LogP contribution in [0.1, 0.15) is 37.2 Å². The third kappa shape index (κ3) is 3.29. The van der Waals surface area contributed by atoms with E-state index in [1.165, 1.54) is 0 Å². The van der Waals surface area contributed by atoms with Gasteiger partial charge in [-0.3, -0.25) is 9.97 Å². The normalized spacial score (nSPS) is 13.8. The summed E-state index contributed by atoms with van der Waals surface area (Å²) in [5, 5.41) is 3.50. The summed E-state index contributed by atoms with van der Waals surface area (Å²) in [5.41, 5.74) is 2.07. The molecule has 1 N–H and O–H groups in total. The number of aromatic nitrogens is 2. The number of methoxy groups -OCH3 is 1. The highest BCUT2D eigenvalue weighted by Gasteiger charge is 2.15. The molecule has 4 nitrogen and oxygen atoms in total. The van der Waals surface area contributed by atoms with Crippen molar-refractivity contribution in [2.24, 2.45) is 0 Å². The lowest BCUT2D eigenvalue weighted by Gasteiger charge is -2.21. The zero-order chi connectivity index (χ0) is 13.7. The zero-order valence-corrected chi connectivity index (χ0v) is 11.5. The van der Waals surface area contributed by atoms with E-state index < -0.39 is 0 Å². The highest BCUT2D eigenvalue weighted by molar-refractivity contribution is 5.35. The number of rotatable bonds is 5. The fraction of sp³-hybridized carbons (Fsp3) is 0.333. The molecule has 1 aromatic heterocycles.